The van der Waals surface area contributed by atoms with Crippen molar-refractivity contribution in [3.63, 3.8) is 0 Å². The number of nitrogens with one attached hydrogen (secondary N) is 2. The Labute approximate surface area is 180 Å². The first-order chi connectivity index (χ1) is 15.2. The molecule has 2 N–H and O–H groups in total. The van der Waals surface area contributed by atoms with E-state index in [1.165, 1.54) is 6.42 Å². The van der Waals surface area contributed by atoms with Gasteiger partial charge in [-0.2, -0.15) is 0 Å². The third-order valence-electron chi connectivity index (χ3n) is 6.44. The number of benzene rings is 1. The van der Waals surface area contributed by atoms with Crippen LogP contribution in [0, 0.1) is 0 Å². The summed E-state index contributed by atoms with van der Waals surface area (Å²) >= 11 is 0. The summed E-state index contributed by atoms with van der Waals surface area (Å²) < 4.78 is 16.6. The lowest BCUT2D eigenvalue weighted by molar-refractivity contribution is 0.0784. The van der Waals surface area contributed by atoms with Crippen molar-refractivity contribution in [1.29, 1.82) is 0 Å². The minimum absolute atomic E-state index is 0.0189. The number of rotatable bonds is 5. The van der Waals surface area contributed by atoms with Crippen LogP contribution in [0.3, 0.4) is 0 Å². The molecule has 2 aliphatic heterocycles. The van der Waals surface area contributed by atoms with E-state index in [0.717, 1.165) is 50.5 Å². The minimum Gasteiger partial charge on any atom is -0.454 e. The molecule has 2 amide bonds. The van der Waals surface area contributed by atoms with Crippen molar-refractivity contribution in [1.82, 2.24) is 15.2 Å². The average Bonchev–Trinajstić information content (AvgIpc) is 3.44. The van der Waals surface area contributed by atoms with Crippen molar-refractivity contribution in [3.8, 4) is 11.5 Å². The number of aromatic amines is 1. The number of hydrogen-bond donors (Lipinski definition) is 2. The van der Waals surface area contributed by atoms with Gasteiger partial charge in [0.2, 0.25) is 6.79 Å². The molecule has 3 heterocycles. The molecule has 0 radical (unpaired) electrons. The number of fused-ring (bicyclic) bond motifs is 2. The molecule has 8 heteroatoms. The van der Waals surface area contributed by atoms with Gasteiger partial charge in [-0.15, -0.1) is 0 Å². The van der Waals surface area contributed by atoms with E-state index < -0.39 is 0 Å². The molecular weight excluding hydrogens is 398 g/mol. The topological polar surface area (TPSA) is 92.9 Å². The summed E-state index contributed by atoms with van der Waals surface area (Å²) in [6.45, 7) is 1.63. The lowest BCUT2D eigenvalue weighted by Crippen LogP contribution is -2.48. The van der Waals surface area contributed by atoms with E-state index >= 15 is 0 Å². The number of aromatic nitrogens is 1. The van der Waals surface area contributed by atoms with Crippen LogP contribution in [-0.2, 0) is 11.3 Å². The van der Waals surface area contributed by atoms with E-state index in [9.17, 15) is 9.59 Å². The first-order valence-corrected chi connectivity index (χ1v) is 11.3. The molecule has 1 aliphatic carbocycles. The van der Waals surface area contributed by atoms with Gasteiger partial charge in [-0.1, -0.05) is 19.3 Å². The van der Waals surface area contributed by atoms with Crippen LogP contribution in [-0.4, -0.2) is 48.0 Å². The molecule has 5 rings (SSSR count). The van der Waals surface area contributed by atoms with Gasteiger partial charge in [-0.05, 0) is 37.8 Å². The first kappa shape index (κ1) is 20.2. The number of hydrogen-bond acceptors (Lipinski definition) is 5. The molecule has 1 aromatic carbocycles. The Balaban J connectivity index is 1.38. The lowest BCUT2D eigenvalue weighted by atomic mass is 9.96. The van der Waals surface area contributed by atoms with Crippen LogP contribution in [0.15, 0.2) is 23.0 Å². The summed E-state index contributed by atoms with van der Waals surface area (Å²) in [4.78, 5) is 30.6. The van der Waals surface area contributed by atoms with Crippen LogP contribution in [0.2, 0.25) is 0 Å². The third-order valence-corrected chi connectivity index (χ3v) is 6.44. The highest BCUT2D eigenvalue weighted by atomic mass is 16.7. The fourth-order valence-corrected chi connectivity index (χ4v) is 4.73. The van der Waals surface area contributed by atoms with Gasteiger partial charge in [0.05, 0.1) is 18.2 Å². The maximum absolute atomic E-state index is 13.1. The van der Waals surface area contributed by atoms with Gasteiger partial charge in [-0.3, -0.25) is 4.79 Å². The molecular formula is C23H29N3O5. The maximum Gasteiger partial charge on any atom is 0.318 e. The summed E-state index contributed by atoms with van der Waals surface area (Å²) in [5.74, 6) is 1.29. The summed E-state index contributed by atoms with van der Waals surface area (Å²) in [6.07, 6.45) is 7.53. The standard InChI is InChI=1S/C23H29N3O5/c27-22-16(9-15-10-20-21(31-14-30-20)11-19(15)25-22)12-26(13-18-7-4-8-29-18)23(28)24-17-5-2-1-3-6-17/h9-11,17-18H,1-8,12-14H2,(H,24,28)(H,25,27). The number of ether oxygens (including phenoxy) is 3. The predicted molar refractivity (Wildman–Crippen MR) is 115 cm³/mol. The largest absolute Gasteiger partial charge is 0.454 e. The van der Waals surface area contributed by atoms with Crippen LogP contribution in [0.4, 0.5) is 4.79 Å². The zero-order chi connectivity index (χ0) is 21.2. The van der Waals surface area contributed by atoms with E-state index in [1.807, 2.05) is 12.1 Å². The Morgan fingerprint density at radius 2 is 1.87 bits per heavy atom. The van der Waals surface area contributed by atoms with Crippen molar-refractivity contribution in [2.75, 3.05) is 19.9 Å². The number of nitrogens with zero attached hydrogens (tertiary/aromatic N) is 1. The maximum atomic E-state index is 13.1. The molecule has 1 atom stereocenters. The second kappa shape index (κ2) is 8.78. The first-order valence-electron chi connectivity index (χ1n) is 11.3. The molecule has 1 saturated carbocycles. The van der Waals surface area contributed by atoms with E-state index in [1.54, 1.807) is 11.0 Å². The van der Waals surface area contributed by atoms with E-state index in [-0.39, 0.29) is 37.1 Å². The average molecular weight is 428 g/mol. The molecule has 0 bridgehead atoms. The molecule has 2 aromatic rings. The van der Waals surface area contributed by atoms with Crippen molar-refractivity contribution in [2.24, 2.45) is 0 Å². The second-order valence-corrected chi connectivity index (χ2v) is 8.72. The number of amides is 2. The van der Waals surface area contributed by atoms with E-state index in [2.05, 4.69) is 10.3 Å². The molecule has 2 fully saturated rings. The monoisotopic (exact) mass is 427 g/mol. The van der Waals surface area contributed by atoms with Gasteiger partial charge in [-0.25, -0.2) is 4.79 Å². The molecule has 1 unspecified atom stereocenters. The van der Waals surface area contributed by atoms with Crippen molar-refractivity contribution in [3.05, 3.63) is 34.1 Å². The van der Waals surface area contributed by atoms with Crippen LogP contribution in [0.1, 0.15) is 50.5 Å². The fraction of sp³-hybridized carbons (Fsp3) is 0.565. The van der Waals surface area contributed by atoms with Gasteiger partial charge >= 0.3 is 6.03 Å². The van der Waals surface area contributed by atoms with E-state index in [4.69, 9.17) is 14.2 Å². The summed E-state index contributed by atoms with van der Waals surface area (Å²) in [5, 5.41) is 4.04. The fourth-order valence-electron chi connectivity index (χ4n) is 4.73. The van der Waals surface area contributed by atoms with Crippen LogP contribution >= 0.6 is 0 Å². The van der Waals surface area contributed by atoms with Crippen molar-refractivity contribution >= 4 is 16.9 Å². The number of pyridine rings is 1. The van der Waals surface area contributed by atoms with Gasteiger partial charge in [0.15, 0.2) is 11.5 Å². The smallest absolute Gasteiger partial charge is 0.318 e. The summed E-state index contributed by atoms with van der Waals surface area (Å²) in [5.41, 5.74) is 1.03. The Morgan fingerprint density at radius 3 is 2.65 bits per heavy atom. The SMILES string of the molecule is O=C(NC1CCCCC1)N(Cc1cc2cc3c(cc2[nH]c1=O)OCO3)CC1CCCO1. The van der Waals surface area contributed by atoms with Gasteiger partial charge < -0.3 is 29.4 Å². The van der Waals surface area contributed by atoms with Crippen LogP contribution < -0.4 is 20.3 Å². The number of carbonyl (C=O) groups is 1. The van der Waals surface area contributed by atoms with Gasteiger partial charge in [0, 0.05) is 36.2 Å². The summed E-state index contributed by atoms with van der Waals surface area (Å²) in [6, 6.07) is 5.58. The Bertz CT molecular complexity index is 1010. The molecule has 166 valence electrons. The van der Waals surface area contributed by atoms with Gasteiger partial charge in [0.1, 0.15) is 0 Å². The predicted octanol–water partition coefficient (Wildman–Crippen LogP) is 3.28. The Morgan fingerprint density at radius 1 is 1.06 bits per heavy atom. The Kier molecular flexibility index (Phi) is 5.72. The normalized spacial score (nSPS) is 20.8. The zero-order valence-corrected chi connectivity index (χ0v) is 17.7. The van der Waals surface area contributed by atoms with Crippen molar-refractivity contribution < 1.29 is 19.0 Å². The highest BCUT2D eigenvalue weighted by Crippen LogP contribution is 2.35. The highest BCUT2D eigenvalue weighted by Gasteiger charge is 2.26. The third kappa shape index (κ3) is 4.49. The molecule has 0 spiro atoms. The molecule has 3 aliphatic rings. The quantitative estimate of drug-likeness (QED) is 0.764. The van der Waals surface area contributed by atoms with Crippen molar-refractivity contribution in [2.45, 2.75) is 63.6 Å². The highest BCUT2D eigenvalue weighted by molar-refractivity contribution is 5.83. The lowest BCUT2D eigenvalue weighted by Gasteiger charge is -2.29. The van der Waals surface area contributed by atoms with Crippen LogP contribution in [0.5, 0.6) is 11.5 Å². The van der Waals surface area contributed by atoms with Gasteiger partial charge in [0.25, 0.3) is 5.56 Å². The van der Waals surface area contributed by atoms with E-state index in [0.29, 0.717) is 29.1 Å². The summed E-state index contributed by atoms with van der Waals surface area (Å²) in [7, 11) is 0. The number of carbonyl (C=O) groups excluding carboxylic acids is 1. The zero-order valence-electron chi connectivity index (χ0n) is 17.7. The second-order valence-electron chi connectivity index (χ2n) is 8.72. The molecule has 1 saturated heterocycles. The number of urea groups is 1. The molecule has 1 aromatic heterocycles. The molecule has 31 heavy (non-hydrogen) atoms. The Hall–Kier alpha value is -2.74. The van der Waals surface area contributed by atoms with Crippen LogP contribution in [0.25, 0.3) is 10.9 Å². The number of H-pyrrole nitrogens is 1. The molecule has 8 nitrogen and oxygen atoms in total. The minimum atomic E-state index is -0.200.